The van der Waals surface area contributed by atoms with Gasteiger partial charge in [0.15, 0.2) is 0 Å². The molecular formula is C23H23N3O5. The summed E-state index contributed by atoms with van der Waals surface area (Å²) in [6.45, 7) is 2.10. The first-order valence-corrected chi connectivity index (χ1v) is 9.69. The number of rotatable bonds is 9. The van der Waals surface area contributed by atoms with Gasteiger partial charge in [0.05, 0.1) is 20.5 Å². The second-order valence-electron chi connectivity index (χ2n) is 6.37. The number of nitrogens with zero attached hydrogens (tertiary/aromatic N) is 3. The van der Waals surface area contributed by atoms with Crippen molar-refractivity contribution in [2.75, 3.05) is 14.2 Å². The maximum Gasteiger partial charge on any atom is 0.341 e. The zero-order valence-corrected chi connectivity index (χ0v) is 17.6. The van der Waals surface area contributed by atoms with Gasteiger partial charge in [-0.2, -0.15) is 9.97 Å². The van der Waals surface area contributed by atoms with Crippen molar-refractivity contribution in [2.24, 2.45) is 0 Å². The molecule has 160 valence electrons. The summed E-state index contributed by atoms with van der Waals surface area (Å²) in [4.78, 5) is 24.5. The molecule has 0 unspecified atom stereocenters. The highest BCUT2D eigenvalue weighted by Gasteiger charge is 2.19. The van der Waals surface area contributed by atoms with Crippen molar-refractivity contribution in [2.45, 2.75) is 19.8 Å². The number of hydrogen-bond acceptors (Lipinski definition) is 8. The summed E-state index contributed by atoms with van der Waals surface area (Å²) in [5.74, 6) is 0.461. The zero-order chi connectivity index (χ0) is 22.1. The molecule has 3 aromatic rings. The number of para-hydroxylation sites is 2. The summed E-state index contributed by atoms with van der Waals surface area (Å²) in [5, 5.41) is 0. The van der Waals surface area contributed by atoms with Gasteiger partial charge in [-0.15, -0.1) is 4.98 Å². The molecule has 8 heteroatoms. The molecule has 8 nitrogen and oxygen atoms in total. The number of esters is 1. The fourth-order valence-electron chi connectivity index (χ4n) is 2.87. The van der Waals surface area contributed by atoms with E-state index in [-0.39, 0.29) is 17.6 Å². The minimum Gasteiger partial charge on any atom is -0.503 e. The Kier molecular flexibility index (Phi) is 7.53. The van der Waals surface area contributed by atoms with Gasteiger partial charge in [-0.1, -0.05) is 49.7 Å². The van der Waals surface area contributed by atoms with E-state index in [1.54, 1.807) is 24.3 Å². The molecule has 0 atom stereocenters. The van der Waals surface area contributed by atoms with E-state index in [2.05, 4.69) is 21.9 Å². The number of hydrogen-bond donors (Lipinski definition) is 0. The zero-order valence-electron chi connectivity index (χ0n) is 17.6. The molecule has 0 aliphatic rings. The molecule has 0 amide bonds. The Bertz CT molecular complexity index is 1070. The first kappa shape index (κ1) is 21.8. The monoisotopic (exact) mass is 421 g/mol. The Morgan fingerprint density at radius 2 is 1.58 bits per heavy atom. The normalized spacial score (nSPS) is 11.0. The first-order valence-electron chi connectivity index (χ1n) is 9.69. The highest BCUT2D eigenvalue weighted by atomic mass is 16.5. The third-order valence-corrected chi connectivity index (χ3v) is 4.24. The molecule has 0 spiro atoms. The van der Waals surface area contributed by atoms with Crippen LogP contribution in [0.4, 0.5) is 0 Å². The van der Waals surface area contributed by atoms with Crippen molar-refractivity contribution in [3.63, 3.8) is 0 Å². The average Bonchev–Trinajstić information content (AvgIpc) is 2.79. The van der Waals surface area contributed by atoms with E-state index in [0.717, 1.165) is 18.4 Å². The Morgan fingerprint density at radius 1 is 0.935 bits per heavy atom. The van der Waals surface area contributed by atoms with Crippen LogP contribution in [0.3, 0.4) is 0 Å². The minimum atomic E-state index is -0.565. The number of aromatic nitrogens is 3. The van der Waals surface area contributed by atoms with Gasteiger partial charge in [0.1, 0.15) is 23.4 Å². The summed E-state index contributed by atoms with van der Waals surface area (Å²) in [6.07, 6.45) is 4.45. The fraction of sp³-hybridized carbons (Fsp3) is 0.217. The lowest BCUT2D eigenvalue weighted by molar-refractivity contribution is -0.133. The lowest BCUT2D eigenvalue weighted by Crippen LogP contribution is -2.06. The van der Waals surface area contributed by atoms with Crippen molar-refractivity contribution >= 4 is 11.5 Å². The predicted molar refractivity (Wildman–Crippen MR) is 114 cm³/mol. The van der Waals surface area contributed by atoms with Crippen LogP contribution in [0.25, 0.3) is 5.57 Å². The van der Waals surface area contributed by atoms with Gasteiger partial charge in [0.2, 0.25) is 0 Å². The Labute approximate surface area is 180 Å². The minimum absolute atomic E-state index is 0.0204. The third kappa shape index (κ3) is 5.57. The van der Waals surface area contributed by atoms with Gasteiger partial charge in [-0.05, 0) is 24.1 Å². The number of methoxy groups -OCH3 is 2. The van der Waals surface area contributed by atoms with Crippen LogP contribution in [0.2, 0.25) is 0 Å². The van der Waals surface area contributed by atoms with Crippen LogP contribution < -0.4 is 9.47 Å². The Balaban J connectivity index is 1.87. The fourth-order valence-corrected chi connectivity index (χ4v) is 2.87. The molecule has 0 aliphatic heterocycles. The molecule has 0 radical (unpaired) electrons. The van der Waals surface area contributed by atoms with Crippen LogP contribution >= 0.6 is 0 Å². The molecule has 1 heterocycles. The molecule has 0 fully saturated rings. The van der Waals surface area contributed by atoms with Gasteiger partial charge in [0.25, 0.3) is 0 Å². The summed E-state index contributed by atoms with van der Waals surface area (Å²) >= 11 is 0. The topological polar surface area (TPSA) is 92.7 Å². The highest BCUT2D eigenvalue weighted by molar-refractivity contribution is 6.17. The van der Waals surface area contributed by atoms with Gasteiger partial charge < -0.3 is 18.9 Å². The van der Waals surface area contributed by atoms with Crippen molar-refractivity contribution in [1.29, 1.82) is 0 Å². The van der Waals surface area contributed by atoms with Crippen molar-refractivity contribution in [3.05, 3.63) is 72.2 Å². The largest absolute Gasteiger partial charge is 0.503 e. The number of carbonyl (C=O) groups is 1. The average molecular weight is 421 g/mol. The van der Waals surface area contributed by atoms with E-state index in [9.17, 15) is 4.79 Å². The lowest BCUT2D eigenvalue weighted by atomic mass is 10.1. The summed E-state index contributed by atoms with van der Waals surface area (Å²) in [6, 6.07) is 14.8. The molecule has 0 bridgehead atoms. The van der Waals surface area contributed by atoms with E-state index in [1.165, 1.54) is 26.8 Å². The summed E-state index contributed by atoms with van der Waals surface area (Å²) in [7, 11) is 2.74. The van der Waals surface area contributed by atoms with E-state index in [0.29, 0.717) is 17.1 Å². The van der Waals surface area contributed by atoms with Crippen LogP contribution in [0, 0.1) is 0 Å². The maximum atomic E-state index is 12.2. The molecule has 0 saturated carbocycles. The maximum absolute atomic E-state index is 12.2. The second kappa shape index (κ2) is 10.7. The van der Waals surface area contributed by atoms with Gasteiger partial charge in [-0.3, -0.25) is 0 Å². The van der Waals surface area contributed by atoms with Gasteiger partial charge in [0, 0.05) is 5.56 Å². The second-order valence-corrected chi connectivity index (χ2v) is 6.37. The van der Waals surface area contributed by atoms with Crippen LogP contribution in [-0.4, -0.2) is 35.1 Å². The van der Waals surface area contributed by atoms with Crippen molar-refractivity contribution < 1.29 is 23.7 Å². The number of ether oxygens (including phenoxy) is 4. The molecule has 1 aromatic heterocycles. The summed E-state index contributed by atoms with van der Waals surface area (Å²) < 4.78 is 21.6. The number of carbonyl (C=O) groups excluding carboxylic acids is 1. The van der Waals surface area contributed by atoms with E-state index >= 15 is 0 Å². The first-order chi connectivity index (χ1) is 15.2. The van der Waals surface area contributed by atoms with Crippen molar-refractivity contribution in [3.8, 4) is 23.5 Å². The molecule has 0 N–H and O–H groups in total. The van der Waals surface area contributed by atoms with Crippen LogP contribution in [-0.2, 0) is 20.7 Å². The molecular weight excluding hydrogens is 398 g/mol. The molecule has 2 aromatic carbocycles. The number of benzene rings is 2. The lowest BCUT2D eigenvalue weighted by Gasteiger charge is -2.12. The SMILES string of the molecule is CCCc1ccccc1Oc1ncnc(Oc2ccccc2C(=COC)C(=O)OC)n1. The van der Waals surface area contributed by atoms with E-state index < -0.39 is 5.97 Å². The molecule has 3 rings (SSSR count). The summed E-state index contributed by atoms with van der Waals surface area (Å²) in [5.41, 5.74) is 1.72. The molecule has 0 aliphatic carbocycles. The highest BCUT2D eigenvalue weighted by Crippen LogP contribution is 2.30. The molecule has 31 heavy (non-hydrogen) atoms. The van der Waals surface area contributed by atoms with Gasteiger partial charge in [-0.25, -0.2) is 4.79 Å². The van der Waals surface area contributed by atoms with Crippen LogP contribution in [0.5, 0.6) is 23.5 Å². The van der Waals surface area contributed by atoms with E-state index in [1.807, 2.05) is 24.3 Å². The smallest absolute Gasteiger partial charge is 0.341 e. The predicted octanol–water partition coefficient (Wildman–Crippen LogP) is 4.57. The third-order valence-electron chi connectivity index (χ3n) is 4.24. The molecule has 0 saturated heterocycles. The Morgan fingerprint density at radius 3 is 2.26 bits per heavy atom. The standard InChI is InChI=1S/C23H23N3O5/c1-4-9-16-10-5-7-12-19(16)30-22-24-15-25-23(26-22)31-20-13-8-6-11-17(20)18(14-28-2)21(27)29-3/h5-8,10-15H,4,9H2,1-3H3. The van der Waals surface area contributed by atoms with Crippen LogP contribution in [0.15, 0.2) is 61.1 Å². The quantitative estimate of drug-likeness (QED) is 0.282. The Hall–Kier alpha value is -3.94. The van der Waals surface area contributed by atoms with E-state index in [4.69, 9.17) is 18.9 Å². The van der Waals surface area contributed by atoms with Crippen LogP contribution in [0.1, 0.15) is 24.5 Å². The van der Waals surface area contributed by atoms with Crippen molar-refractivity contribution in [1.82, 2.24) is 15.0 Å². The van der Waals surface area contributed by atoms with Gasteiger partial charge >= 0.3 is 18.0 Å². The number of aryl methyl sites for hydroxylation is 1.